The van der Waals surface area contributed by atoms with Gasteiger partial charge in [-0.05, 0) is 76.3 Å². The maximum Gasteiger partial charge on any atom is 0.0642 e. The molecule has 29 heavy (non-hydrogen) atoms. The second kappa shape index (κ2) is 6.52. The van der Waals surface area contributed by atoms with Crippen molar-refractivity contribution in [3.63, 3.8) is 0 Å². The summed E-state index contributed by atoms with van der Waals surface area (Å²) in [6.07, 6.45) is 11.1. The Labute approximate surface area is 173 Å². The third-order valence-electron chi connectivity index (χ3n) is 6.84. The molecule has 0 amide bonds. The maximum absolute atomic E-state index is 6.21. The molecule has 4 N–H and O–H groups in total. The van der Waals surface area contributed by atoms with Crippen LogP contribution in [0.1, 0.15) is 43.4 Å². The molecule has 2 heteroatoms. The number of fused-ring (bicyclic) bond motifs is 2. The Balaban J connectivity index is 1.89. The Morgan fingerprint density at radius 3 is 2.41 bits per heavy atom. The molecule has 3 aliphatic carbocycles. The molecule has 3 aliphatic rings. The molecule has 146 valence electrons. The summed E-state index contributed by atoms with van der Waals surface area (Å²) in [6.45, 7) is 4.63. The molecule has 0 heterocycles. The average Bonchev–Trinajstić information content (AvgIpc) is 2.99. The smallest absolute Gasteiger partial charge is 0.0642 e. The maximum atomic E-state index is 6.21. The third-order valence-corrected chi connectivity index (χ3v) is 6.84. The Bertz CT molecular complexity index is 1100. The van der Waals surface area contributed by atoms with Crippen molar-refractivity contribution in [1.29, 1.82) is 0 Å². The van der Waals surface area contributed by atoms with Gasteiger partial charge in [0.25, 0.3) is 0 Å². The van der Waals surface area contributed by atoms with Crippen molar-refractivity contribution in [3.8, 4) is 0 Å². The number of benzene rings is 2. The molecule has 0 spiro atoms. The lowest BCUT2D eigenvalue weighted by molar-refractivity contribution is 0.528. The molecule has 2 nitrogen and oxygen atoms in total. The van der Waals surface area contributed by atoms with Gasteiger partial charge in [-0.25, -0.2) is 0 Å². The van der Waals surface area contributed by atoms with E-state index < -0.39 is 0 Å². The third kappa shape index (κ3) is 2.55. The standard InChI is InChI=1S/C27H28N2/c1-17-7-13-23-22-5-3-4-6-25(22)27(26(23)15-17,19-8-10-20(28)11-9-19)24-14-12-21(29)16-18(24)2/h3-14,17-18H,15-16,28-29H2,1-2H3. The van der Waals surface area contributed by atoms with Crippen molar-refractivity contribution in [3.05, 3.63) is 106 Å². The van der Waals surface area contributed by atoms with Crippen LogP contribution in [-0.2, 0) is 5.41 Å². The fraction of sp³-hybridized carbons (Fsp3) is 0.259. The summed E-state index contributed by atoms with van der Waals surface area (Å²) in [4.78, 5) is 0. The molecule has 0 saturated carbocycles. The first-order chi connectivity index (χ1) is 14.0. The Morgan fingerprint density at radius 1 is 0.897 bits per heavy atom. The lowest BCUT2D eigenvalue weighted by Crippen LogP contribution is -2.35. The Kier molecular flexibility index (Phi) is 4.06. The zero-order valence-electron chi connectivity index (χ0n) is 17.2. The van der Waals surface area contributed by atoms with Gasteiger partial charge in [0.1, 0.15) is 0 Å². The van der Waals surface area contributed by atoms with E-state index in [0.29, 0.717) is 11.8 Å². The molecule has 5 rings (SSSR count). The molecule has 0 bridgehead atoms. The largest absolute Gasteiger partial charge is 0.402 e. The van der Waals surface area contributed by atoms with Crippen molar-refractivity contribution in [1.82, 2.24) is 0 Å². The molecule has 2 aromatic rings. The van der Waals surface area contributed by atoms with Gasteiger partial charge in [0.15, 0.2) is 0 Å². The monoisotopic (exact) mass is 380 g/mol. The molecule has 0 saturated heterocycles. The lowest BCUT2D eigenvalue weighted by Gasteiger charge is -2.42. The number of nitrogens with two attached hydrogens (primary N) is 2. The molecule has 3 atom stereocenters. The normalized spacial score (nSPS) is 27.9. The molecule has 0 radical (unpaired) electrons. The molecular weight excluding hydrogens is 352 g/mol. The lowest BCUT2D eigenvalue weighted by atomic mass is 9.60. The second-order valence-electron chi connectivity index (χ2n) is 8.82. The van der Waals surface area contributed by atoms with Crippen LogP contribution in [0, 0.1) is 11.8 Å². The van der Waals surface area contributed by atoms with Crippen molar-refractivity contribution < 1.29 is 0 Å². The summed E-state index contributed by atoms with van der Waals surface area (Å²) in [5, 5.41) is 0. The van der Waals surface area contributed by atoms with Gasteiger partial charge in [0, 0.05) is 11.4 Å². The van der Waals surface area contributed by atoms with E-state index in [1.807, 2.05) is 12.1 Å². The summed E-state index contributed by atoms with van der Waals surface area (Å²) < 4.78 is 0. The number of allylic oxidation sites excluding steroid dienone is 8. The van der Waals surface area contributed by atoms with Gasteiger partial charge in [-0.1, -0.05) is 68.5 Å². The number of rotatable bonds is 2. The topological polar surface area (TPSA) is 52.0 Å². The van der Waals surface area contributed by atoms with Crippen molar-refractivity contribution in [2.24, 2.45) is 17.6 Å². The highest BCUT2D eigenvalue weighted by atomic mass is 14.6. The van der Waals surface area contributed by atoms with E-state index in [9.17, 15) is 0 Å². The first-order valence-electron chi connectivity index (χ1n) is 10.6. The van der Waals surface area contributed by atoms with Crippen LogP contribution < -0.4 is 11.5 Å². The molecule has 2 aromatic carbocycles. The van der Waals surface area contributed by atoms with Crippen molar-refractivity contribution in [2.45, 2.75) is 32.1 Å². The molecule has 0 fully saturated rings. The van der Waals surface area contributed by atoms with Crippen LogP contribution in [0.4, 0.5) is 5.69 Å². The second-order valence-corrected chi connectivity index (χ2v) is 8.82. The number of anilines is 1. The summed E-state index contributed by atoms with van der Waals surface area (Å²) in [5.74, 6) is 0.898. The predicted molar refractivity (Wildman–Crippen MR) is 122 cm³/mol. The fourth-order valence-electron chi connectivity index (χ4n) is 5.62. The van der Waals surface area contributed by atoms with E-state index in [1.165, 1.54) is 33.4 Å². The van der Waals surface area contributed by atoms with Crippen molar-refractivity contribution >= 4 is 11.3 Å². The van der Waals surface area contributed by atoms with Crippen molar-refractivity contribution in [2.75, 3.05) is 5.73 Å². The molecular formula is C27H28N2. The summed E-state index contributed by atoms with van der Waals surface area (Å²) >= 11 is 0. The van der Waals surface area contributed by atoms with Gasteiger partial charge in [0.2, 0.25) is 0 Å². The zero-order valence-corrected chi connectivity index (χ0v) is 17.2. The van der Waals surface area contributed by atoms with Gasteiger partial charge in [-0.15, -0.1) is 0 Å². The summed E-state index contributed by atoms with van der Waals surface area (Å²) in [5.41, 5.74) is 22.2. The Morgan fingerprint density at radius 2 is 1.66 bits per heavy atom. The van der Waals surface area contributed by atoms with E-state index in [1.54, 1.807) is 0 Å². The van der Waals surface area contributed by atoms with Gasteiger partial charge in [-0.3, -0.25) is 0 Å². The number of nitrogen functional groups attached to an aromatic ring is 1. The van der Waals surface area contributed by atoms with Gasteiger partial charge < -0.3 is 11.5 Å². The zero-order chi connectivity index (χ0) is 20.2. The van der Waals surface area contributed by atoms with E-state index in [2.05, 4.69) is 74.5 Å². The summed E-state index contributed by atoms with van der Waals surface area (Å²) in [7, 11) is 0. The van der Waals surface area contributed by atoms with Gasteiger partial charge in [0.05, 0.1) is 5.41 Å². The first-order valence-corrected chi connectivity index (χ1v) is 10.6. The van der Waals surface area contributed by atoms with Crippen LogP contribution in [0.2, 0.25) is 0 Å². The molecule has 0 aromatic heterocycles. The van der Waals surface area contributed by atoms with Crippen LogP contribution in [0.5, 0.6) is 0 Å². The minimum atomic E-state index is -0.255. The highest BCUT2D eigenvalue weighted by Crippen LogP contribution is 2.59. The quantitative estimate of drug-likeness (QED) is 0.654. The van der Waals surface area contributed by atoms with Crippen LogP contribution in [-0.4, -0.2) is 0 Å². The van der Waals surface area contributed by atoms with E-state index in [0.717, 1.165) is 24.2 Å². The highest BCUT2D eigenvalue weighted by molar-refractivity contribution is 5.90. The predicted octanol–water partition coefficient (Wildman–Crippen LogP) is 5.73. The fourth-order valence-corrected chi connectivity index (χ4v) is 5.62. The minimum absolute atomic E-state index is 0.255. The van der Waals surface area contributed by atoms with E-state index >= 15 is 0 Å². The average molecular weight is 381 g/mol. The first kappa shape index (κ1) is 18.1. The van der Waals surface area contributed by atoms with Crippen LogP contribution in [0.3, 0.4) is 0 Å². The van der Waals surface area contributed by atoms with Crippen LogP contribution in [0.25, 0.3) is 5.57 Å². The Hall–Kier alpha value is -3.00. The number of hydrogen-bond acceptors (Lipinski definition) is 2. The summed E-state index contributed by atoms with van der Waals surface area (Å²) in [6, 6.07) is 17.5. The van der Waals surface area contributed by atoms with Crippen LogP contribution in [0.15, 0.2) is 89.7 Å². The van der Waals surface area contributed by atoms with Gasteiger partial charge in [-0.2, -0.15) is 0 Å². The SMILES string of the molecule is CC1C=CC2=C(C1)C(C1=CC=C(N)CC1C)(c1ccc(N)cc1)c1ccccc12. The van der Waals surface area contributed by atoms with Crippen LogP contribution >= 0.6 is 0 Å². The molecule has 0 aliphatic heterocycles. The van der Waals surface area contributed by atoms with Gasteiger partial charge >= 0.3 is 0 Å². The van der Waals surface area contributed by atoms with E-state index in [-0.39, 0.29) is 5.41 Å². The molecule has 3 unspecified atom stereocenters. The minimum Gasteiger partial charge on any atom is -0.402 e. The van der Waals surface area contributed by atoms with E-state index in [4.69, 9.17) is 11.5 Å². The number of hydrogen-bond donors (Lipinski definition) is 2. The highest BCUT2D eigenvalue weighted by Gasteiger charge is 2.50.